The first-order valence-corrected chi connectivity index (χ1v) is 9.40. The summed E-state index contributed by atoms with van der Waals surface area (Å²) < 4.78 is 6.42. The number of nitrogens with zero attached hydrogens (tertiary/aromatic N) is 3. The van der Waals surface area contributed by atoms with Crippen molar-refractivity contribution in [3.05, 3.63) is 62.5 Å². The molecule has 1 atom stereocenters. The number of likely N-dealkylation sites (N-methyl/N-ethyl adjacent to an activating group) is 1. The molecular formula is C21H25N3O6. The van der Waals surface area contributed by atoms with Gasteiger partial charge in [0.25, 0.3) is 11.6 Å². The molecule has 0 aliphatic carbocycles. The number of ether oxygens (including phenoxy) is 1. The third-order valence-corrected chi connectivity index (χ3v) is 5.33. The number of hydrogen-bond acceptors (Lipinski definition) is 6. The molecule has 0 unspecified atom stereocenters. The van der Waals surface area contributed by atoms with Crippen LogP contribution in [-0.4, -0.2) is 51.7 Å². The second-order valence-electron chi connectivity index (χ2n) is 6.92. The Kier molecular flexibility index (Phi) is 6.76. The van der Waals surface area contributed by atoms with E-state index >= 15 is 0 Å². The molecule has 0 saturated carbocycles. The van der Waals surface area contributed by atoms with Crippen molar-refractivity contribution in [3.8, 4) is 0 Å². The molecular weight excluding hydrogens is 390 g/mol. The van der Waals surface area contributed by atoms with Crippen LogP contribution in [-0.2, 0) is 11.8 Å². The monoisotopic (exact) mass is 415 g/mol. The van der Waals surface area contributed by atoms with Gasteiger partial charge >= 0.3 is 5.97 Å². The van der Waals surface area contributed by atoms with E-state index in [0.29, 0.717) is 16.8 Å². The lowest BCUT2D eigenvalue weighted by molar-refractivity contribution is -0.384. The summed E-state index contributed by atoms with van der Waals surface area (Å²) in [6.45, 7) is 7.04. The van der Waals surface area contributed by atoms with E-state index in [-0.39, 0.29) is 29.3 Å². The second kappa shape index (κ2) is 8.89. The molecule has 1 aromatic heterocycles. The van der Waals surface area contributed by atoms with Crippen molar-refractivity contribution in [1.29, 1.82) is 0 Å². The van der Waals surface area contributed by atoms with E-state index in [9.17, 15) is 24.5 Å². The van der Waals surface area contributed by atoms with Gasteiger partial charge in [-0.3, -0.25) is 19.7 Å². The van der Waals surface area contributed by atoms with Crippen molar-refractivity contribution in [2.75, 3.05) is 13.7 Å². The van der Waals surface area contributed by atoms with Crippen LogP contribution < -0.4 is 0 Å². The van der Waals surface area contributed by atoms with Gasteiger partial charge in [-0.1, -0.05) is 0 Å². The van der Waals surface area contributed by atoms with Gasteiger partial charge in [0, 0.05) is 42.5 Å². The lowest BCUT2D eigenvalue weighted by Crippen LogP contribution is -2.43. The molecule has 0 saturated heterocycles. The first-order chi connectivity index (χ1) is 14.1. The first-order valence-electron chi connectivity index (χ1n) is 9.40. The molecule has 0 aliphatic heterocycles. The van der Waals surface area contributed by atoms with Crippen molar-refractivity contribution >= 4 is 23.3 Å². The number of rotatable bonds is 7. The van der Waals surface area contributed by atoms with E-state index in [4.69, 9.17) is 4.74 Å². The summed E-state index contributed by atoms with van der Waals surface area (Å²) in [5.41, 5.74) is 1.89. The van der Waals surface area contributed by atoms with Gasteiger partial charge in [0.1, 0.15) is 5.69 Å². The highest BCUT2D eigenvalue weighted by Crippen LogP contribution is 2.25. The summed E-state index contributed by atoms with van der Waals surface area (Å²) in [5.74, 6) is -1.25. The van der Waals surface area contributed by atoms with Gasteiger partial charge in [0.2, 0.25) is 0 Å². The van der Waals surface area contributed by atoms with Gasteiger partial charge in [-0.15, -0.1) is 0 Å². The van der Waals surface area contributed by atoms with Crippen molar-refractivity contribution in [3.63, 3.8) is 0 Å². The number of amides is 1. The number of carbonyl (C=O) groups is 3. The molecule has 30 heavy (non-hydrogen) atoms. The van der Waals surface area contributed by atoms with Crippen LogP contribution in [0.4, 0.5) is 5.69 Å². The summed E-state index contributed by atoms with van der Waals surface area (Å²) in [6.07, 6.45) is 0. The Hall–Kier alpha value is -3.49. The molecule has 1 heterocycles. The SMILES string of the molecule is CCN(C(=O)c1ccc([N+](=O)[O-])cc1)[C@@H](C)C(=O)c1c(C)c(C(=O)OC)n(C)c1C. The highest BCUT2D eigenvalue weighted by atomic mass is 16.6. The Bertz CT molecular complexity index is 1010. The van der Waals surface area contributed by atoms with Crippen molar-refractivity contribution in [2.24, 2.45) is 7.05 Å². The average molecular weight is 415 g/mol. The number of ketones is 1. The van der Waals surface area contributed by atoms with Crippen LogP contribution in [0.5, 0.6) is 0 Å². The quantitative estimate of drug-likeness (QED) is 0.297. The van der Waals surface area contributed by atoms with E-state index in [1.54, 1.807) is 39.3 Å². The number of nitro benzene ring substituents is 1. The molecule has 2 rings (SSSR count). The van der Waals surface area contributed by atoms with Crippen LogP contribution in [0, 0.1) is 24.0 Å². The minimum absolute atomic E-state index is 0.121. The summed E-state index contributed by atoms with van der Waals surface area (Å²) in [6, 6.07) is 4.44. The van der Waals surface area contributed by atoms with E-state index in [2.05, 4.69) is 0 Å². The molecule has 0 spiro atoms. The predicted molar refractivity (Wildman–Crippen MR) is 110 cm³/mol. The predicted octanol–water partition coefficient (Wildman–Crippen LogP) is 3.07. The maximum atomic E-state index is 13.3. The molecule has 9 heteroatoms. The van der Waals surface area contributed by atoms with E-state index < -0.39 is 22.8 Å². The van der Waals surface area contributed by atoms with Gasteiger partial charge in [0.15, 0.2) is 5.78 Å². The molecule has 0 radical (unpaired) electrons. The van der Waals surface area contributed by atoms with Crippen molar-refractivity contribution in [1.82, 2.24) is 9.47 Å². The lowest BCUT2D eigenvalue weighted by Gasteiger charge is -2.27. The van der Waals surface area contributed by atoms with Crippen LogP contribution >= 0.6 is 0 Å². The Morgan fingerprint density at radius 2 is 1.77 bits per heavy atom. The van der Waals surface area contributed by atoms with Gasteiger partial charge in [-0.25, -0.2) is 4.79 Å². The van der Waals surface area contributed by atoms with Gasteiger partial charge in [-0.2, -0.15) is 0 Å². The highest BCUT2D eigenvalue weighted by molar-refractivity contribution is 6.07. The number of hydrogen-bond donors (Lipinski definition) is 0. The second-order valence-corrected chi connectivity index (χ2v) is 6.92. The maximum Gasteiger partial charge on any atom is 0.354 e. The molecule has 1 amide bonds. The Labute approximate surface area is 174 Å². The first kappa shape index (κ1) is 22.8. The highest BCUT2D eigenvalue weighted by Gasteiger charge is 2.32. The van der Waals surface area contributed by atoms with Crippen molar-refractivity contribution in [2.45, 2.75) is 33.7 Å². The maximum absolute atomic E-state index is 13.3. The largest absolute Gasteiger partial charge is 0.464 e. The fourth-order valence-corrected chi connectivity index (χ4v) is 3.56. The minimum Gasteiger partial charge on any atom is -0.464 e. The smallest absolute Gasteiger partial charge is 0.354 e. The number of nitro groups is 1. The molecule has 0 aliphatic rings. The van der Waals surface area contributed by atoms with Gasteiger partial charge in [-0.05, 0) is 45.4 Å². The Morgan fingerprint density at radius 3 is 2.23 bits per heavy atom. The number of aromatic nitrogens is 1. The zero-order chi connectivity index (χ0) is 22.7. The Morgan fingerprint density at radius 1 is 1.20 bits per heavy atom. The van der Waals surface area contributed by atoms with E-state index in [0.717, 1.165) is 0 Å². The van der Waals surface area contributed by atoms with E-state index in [1.165, 1.54) is 36.3 Å². The standard InChI is InChI=1S/C21H25N3O6/c1-7-23(20(26)15-8-10-16(11-9-15)24(28)29)14(4)19(25)17-12(2)18(21(27)30-6)22(5)13(17)3/h8-11,14H,7H2,1-6H3/t14-/m0/s1. The van der Waals surface area contributed by atoms with E-state index in [1.807, 2.05) is 0 Å². The van der Waals surface area contributed by atoms with Gasteiger partial charge in [0.05, 0.1) is 18.1 Å². The fraction of sp³-hybridized carbons (Fsp3) is 0.381. The zero-order valence-corrected chi connectivity index (χ0v) is 17.9. The number of benzene rings is 1. The van der Waals surface area contributed by atoms with Crippen LogP contribution in [0.2, 0.25) is 0 Å². The molecule has 160 valence electrons. The molecule has 0 N–H and O–H groups in total. The number of non-ortho nitro benzene ring substituents is 1. The van der Waals surface area contributed by atoms with Crippen LogP contribution in [0.3, 0.4) is 0 Å². The molecule has 1 aromatic carbocycles. The lowest BCUT2D eigenvalue weighted by atomic mass is 9.99. The zero-order valence-electron chi connectivity index (χ0n) is 17.9. The average Bonchev–Trinajstić information content (AvgIpc) is 2.95. The number of esters is 1. The van der Waals surface area contributed by atoms with Crippen LogP contribution in [0.1, 0.15) is 56.3 Å². The van der Waals surface area contributed by atoms with Crippen LogP contribution in [0.15, 0.2) is 24.3 Å². The fourth-order valence-electron chi connectivity index (χ4n) is 3.56. The minimum atomic E-state index is -0.803. The third-order valence-electron chi connectivity index (χ3n) is 5.33. The summed E-state index contributed by atoms with van der Waals surface area (Å²) in [7, 11) is 2.95. The molecule has 0 bridgehead atoms. The summed E-state index contributed by atoms with van der Waals surface area (Å²) >= 11 is 0. The molecule has 0 fully saturated rings. The summed E-state index contributed by atoms with van der Waals surface area (Å²) in [5, 5.41) is 10.8. The number of methoxy groups -OCH3 is 1. The number of Topliss-reactive ketones (excluding diaryl/α,β-unsaturated/α-hetero) is 1. The molecule has 9 nitrogen and oxygen atoms in total. The van der Waals surface area contributed by atoms with Crippen LogP contribution in [0.25, 0.3) is 0 Å². The van der Waals surface area contributed by atoms with Crippen molar-refractivity contribution < 1.29 is 24.0 Å². The molecule has 2 aromatic rings. The normalized spacial score (nSPS) is 11.7. The Balaban J connectivity index is 2.39. The topological polar surface area (TPSA) is 112 Å². The van der Waals surface area contributed by atoms with Gasteiger partial charge < -0.3 is 14.2 Å². The third kappa shape index (κ3) is 3.96. The number of carbonyl (C=O) groups excluding carboxylic acids is 3. The summed E-state index contributed by atoms with van der Waals surface area (Å²) in [4.78, 5) is 50.0.